The molecule has 2 N–H and O–H groups in total. The number of benzene rings is 2. The van der Waals surface area contributed by atoms with E-state index in [9.17, 15) is 14.0 Å². The normalized spacial score (nSPS) is 11.7. The standard InChI is InChI=1S/C14H10FNOS.C7H9N3O/c1-8-5-6-11-10(7-8)16-14(17)13-9(15)3-2-4-12(13)18-11;11-6-8-2-1-7-3-9-5-10-4-7/h2-7H,1H3,(H,16,17);3-6H,1-2H2,(H,8,11). The Bertz CT molecular complexity index is 1010. The maximum atomic E-state index is 13.7. The fraction of sp³-hybridized carbons (Fsp3) is 0.143. The van der Waals surface area contributed by atoms with Crippen LogP contribution in [0.2, 0.25) is 0 Å². The second-order valence-electron chi connectivity index (χ2n) is 6.24. The monoisotopic (exact) mass is 410 g/mol. The van der Waals surface area contributed by atoms with Gasteiger partial charge in [-0.1, -0.05) is 23.9 Å². The second-order valence-corrected chi connectivity index (χ2v) is 7.32. The van der Waals surface area contributed by atoms with Gasteiger partial charge in [0.25, 0.3) is 5.91 Å². The number of rotatable bonds is 4. The van der Waals surface area contributed by atoms with Crippen molar-refractivity contribution in [2.45, 2.75) is 23.1 Å². The summed E-state index contributed by atoms with van der Waals surface area (Å²) in [4.78, 5) is 31.1. The van der Waals surface area contributed by atoms with Crippen molar-refractivity contribution in [3.63, 3.8) is 0 Å². The van der Waals surface area contributed by atoms with Gasteiger partial charge >= 0.3 is 0 Å². The molecule has 0 saturated carbocycles. The van der Waals surface area contributed by atoms with Crippen molar-refractivity contribution >= 4 is 29.8 Å². The first-order chi connectivity index (χ1) is 14.1. The van der Waals surface area contributed by atoms with Crippen LogP contribution >= 0.6 is 11.8 Å². The minimum atomic E-state index is -0.484. The third kappa shape index (κ3) is 5.39. The summed E-state index contributed by atoms with van der Waals surface area (Å²) in [6.07, 6.45) is 6.42. The zero-order chi connectivity index (χ0) is 20.6. The number of aromatic nitrogens is 2. The third-order valence-corrected chi connectivity index (χ3v) is 5.20. The third-order valence-electron chi connectivity index (χ3n) is 4.06. The fourth-order valence-corrected chi connectivity index (χ4v) is 3.71. The number of amides is 2. The molecular formula is C21H19FN4O2S. The molecule has 2 heterocycles. The smallest absolute Gasteiger partial charge is 0.259 e. The van der Waals surface area contributed by atoms with Crippen LogP contribution in [0, 0.1) is 12.7 Å². The average Bonchev–Trinajstić information content (AvgIpc) is 2.85. The van der Waals surface area contributed by atoms with Crippen LogP contribution in [0.5, 0.6) is 0 Å². The molecule has 148 valence electrons. The summed E-state index contributed by atoms with van der Waals surface area (Å²) in [6, 6.07) is 10.5. The van der Waals surface area contributed by atoms with E-state index >= 15 is 0 Å². The number of hydrogen-bond donors (Lipinski definition) is 2. The summed E-state index contributed by atoms with van der Waals surface area (Å²) in [5, 5.41) is 5.32. The van der Waals surface area contributed by atoms with Gasteiger partial charge in [-0.25, -0.2) is 14.4 Å². The number of halogens is 1. The van der Waals surface area contributed by atoms with Crippen LogP contribution in [-0.2, 0) is 11.2 Å². The fourth-order valence-electron chi connectivity index (χ4n) is 2.68. The average molecular weight is 410 g/mol. The quantitative estimate of drug-likeness (QED) is 0.507. The maximum absolute atomic E-state index is 13.7. The summed E-state index contributed by atoms with van der Waals surface area (Å²) < 4.78 is 13.7. The summed E-state index contributed by atoms with van der Waals surface area (Å²) >= 11 is 1.41. The van der Waals surface area contributed by atoms with E-state index in [2.05, 4.69) is 20.6 Å². The number of hydrogen-bond acceptors (Lipinski definition) is 5. The molecule has 8 heteroatoms. The van der Waals surface area contributed by atoms with Crippen molar-refractivity contribution in [1.82, 2.24) is 15.3 Å². The Morgan fingerprint density at radius 2 is 1.97 bits per heavy atom. The Kier molecular flexibility index (Phi) is 6.91. The minimum Gasteiger partial charge on any atom is -0.358 e. The molecule has 2 aromatic carbocycles. The molecule has 29 heavy (non-hydrogen) atoms. The highest BCUT2D eigenvalue weighted by atomic mass is 32.2. The van der Waals surface area contributed by atoms with Gasteiger partial charge in [-0.2, -0.15) is 0 Å². The number of carbonyl (C=O) groups excluding carboxylic acids is 2. The predicted octanol–water partition coefficient (Wildman–Crippen LogP) is 3.62. The van der Waals surface area contributed by atoms with E-state index in [1.165, 1.54) is 24.2 Å². The summed E-state index contributed by atoms with van der Waals surface area (Å²) in [5.74, 6) is -0.873. The van der Waals surface area contributed by atoms with Gasteiger partial charge in [0.2, 0.25) is 6.41 Å². The van der Waals surface area contributed by atoms with Gasteiger partial charge in [0.1, 0.15) is 12.1 Å². The molecule has 1 aromatic heterocycles. The molecular weight excluding hydrogens is 391 g/mol. The number of fused-ring (bicyclic) bond motifs is 2. The van der Waals surface area contributed by atoms with Gasteiger partial charge in [-0.15, -0.1) is 0 Å². The number of carbonyl (C=O) groups is 2. The van der Waals surface area contributed by atoms with Crippen molar-refractivity contribution < 1.29 is 14.0 Å². The molecule has 0 spiro atoms. The summed E-state index contributed by atoms with van der Waals surface area (Å²) in [7, 11) is 0. The van der Waals surface area contributed by atoms with E-state index in [0.717, 1.165) is 28.1 Å². The largest absolute Gasteiger partial charge is 0.358 e. The molecule has 2 amide bonds. The van der Waals surface area contributed by atoms with E-state index < -0.39 is 5.82 Å². The van der Waals surface area contributed by atoms with E-state index in [-0.39, 0.29) is 11.5 Å². The van der Waals surface area contributed by atoms with Gasteiger partial charge < -0.3 is 10.6 Å². The van der Waals surface area contributed by atoms with E-state index in [1.807, 2.05) is 25.1 Å². The van der Waals surface area contributed by atoms with Crippen LogP contribution < -0.4 is 10.6 Å². The van der Waals surface area contributed by atoms with Crippen LogP contribution in [0.3, 0.4) is 0 Å². The Balaban J connectivity index is 0.000000188. The maximum Gasteiger partial charge on any atom is 0.259 e. The highest BCUT2D eigenvalue weighted by Gasteiger charge is 2.22. The lowest BCUT2D eigenvalue weighted by Gasteiger charge is -2.06. The van der Waals surface area contributed by atoms with Crippen molar-refractivity contribution in [1.29, 1.82) is 0 Å². The number of anilines is 1. The topological polar surface area (TPSA) is 84.0 Å². The molecule has 3 aromatic rings. The van der Waals surface area contributed by atoms with Gasteiger partial charge in [-0.05, 0) is 48.7 Å². The van der Waals surface area contributed by atoms with E-state index in [4.69, 9.17) is 0 Å². The molecule has 6 nitrogen and oxygen atoms in total. The second kappa shape index (κ2) is 9.79. The van der Waals surface area contributed by atoms with Gasteiger partial charge in [-0.3, -0.25) is 9.59 Å². The number of nitrogens with zero attached hydrogens (tertiary/aromatic N) is 2. The molecule has 0 bridgehead atoms. The summed E-state index contributed by atoms with van der Waals surface area (Å²) in [5.41, 5.74) is 2.94. The molecule has 0 saturated heterocycles. The SMILES string of the molecule is Cc1ccc2c(c1)NC(=O)c1c(F)cccc1S2.O=CNCCc1cncnc1. The zero-order valence-corrected chi connectivity index (χ0v) is 16.5. The Labute approximate surface area is 172 Å². The lowest BCUT2D eigenvalue weighted by atomic mass is 10.2. The first-order valence-corrected chi connectivity index (χ1v) is 9.69. The van der Waals surface area contributed by atoms with Gasteiger partial charge in [0.15, 0.2) is 0 Å². The van der Waals surface area contributed by atoms with Crippen LogP contribution in [0.4, 0.5) is 10.1 Å². The first kappa shape index (κ1) is 20.5. The van der Waals surface area contributed by atoms with Gasteiger partial charge in [0, 0.05) is 28.7 Å². The summed E-state index contributed by atoms with van der Waals surface area (Å²) in [6.45, 7) is 2.59. The molecule has 4 rings (SSSR count). The van der Waals surface area contributed by atoms with Crippen LogP contribution in [0.15, 0.2) is 64.9 Å². The molecule has 0 aliphatic carbocycles. The molecule has 0 fully saturated rings. The lowest BCUT2D eigenvalue weighted by Crippen LogP contribution is -2.14. The van der Waals surface area contributed by atoms with Crippen LogP contribution in [-0.4, -0.2) is 28.8 Å². The molecule has 1 aliphatic heterocycles. The zero-order valence-electron chi connectivity index (χ0n) is 15.7. The Hall–Kier alpha value is -3.26. The molecule has 0 unspecified atom stereocenters. The molecule has 1 aliphatic rings. The van der Waals surface area contributed by atoms with Crippen molar-refractivity contribution in [3.8, 4) is 0 Å². The Morgan fingerprint density at radius 1 is 1.17 bits per heavy atom. The van der Waals surface area contributed by atoms with Crippen molar-refractivity contribution in [3.05, 3.63) is 77.6 Å². The van der Waals surface area contributed by atoms with Crippen molar-refractivity contribution in [2.75, 3.05) is 11.9 Å². The minimum absolute atomic E-state index is 0.122. The Morgan fingerprint density at radius 3 is 2.72 bits per heavy atom. The number of aryl methyl sites for hydroxylation is 1. The van der Waals surface area contributed by atoms with Crippen LogP contribution in [0.1, 0.15) is 21.5 Å². The first-order valence-electron chi connectivity index (χ1n) is 8.88. The highest BCUT2D eigenvalue weighted by Crippen LogP contribution is 2.39. The van der Waals surface area contributed by atoms with Crippen LogP contribution in [0.25, 0.3) is 0 Å². The molecule has 0 radical (unpaired) electrons. The molecule has 0 atom stereocenters. The number of nitrogens with one attached hydrogen (secondary N) is 2. The van der Waals surface area contributed by atoms with E-state index in [0.29, 0.717) is 17.9 Å². The van der Waals surface area contributed by atoms with E-state index in [1.54, 1.807) is 24.5 Å². The lowest BCUT2D eigenvalue weighted by molar-refractivity contribution is -0.109. The highest BCUT2D eigenvalue weighted by molar-refractivity contribution is 7.99. The predicted molar refractivity (Wildman–Crippen MR) is 109 cm³/mol. The van der Waals surface area contributed by atoms with Crippen molar-refractivity contribution in [2.24, 2.45) is 0 Å². The van der Waals surface area contributed by atoms with Gasteiger partial charge in [0.05, 0.1) is 11.3 Å².